The summed E-state index contributed by atoms with van der Waals surface area (Å²) in [6, 6.07) is 10.1. The van der Waals surface area contributed by atoms with E-state index in [9.17, 15) is 9.90 Å². The highest BCUT2D eigenvalue weighted by Gasteiger charge is 2.26. The quantitative estimate of drug-likeness (QED) is 0.774. The Hall–Kier alpha value is -2.14. The van der Waals surface area contributed by atoms with Gasteiger partial charge in [-0.05, 0) is 24.8 Å². The zero-order valence-corrected chi connectivity index (χ0v) is 15.6. The van der Waals surface area contributed by atoms with Gasteiger partial charge in [0.2, 0.25) is 0 Å². The van der Waals surface area contributed by atoms with Crippen LogP contribution in [0.15, 0.2) is 36.5 Å². The van der Waals surface area contributed by atoms with E-state index in [-0.39, 0.29) is 18.4 Å². The molecule has 1 aromatic carbocycles. The van der Waals surface area contributed by atoms with Crippen molar-refractivity contribution in [1.29, 1.82) is 0 Å². The van der Waals surface area contributed by atoms with E-state index in [1.54, 1.807) is 13.1 Å². The van der Waals surface area contributed by atoms with Crippen LogP contribution in [0.4, 0.5) is 0 Å². The standard InChI is InChI=1S/C20H29N3O2/c1-5-9-18-17(19(24)21-14-20(4,25)15(2)3)12-22-23(18)13-16-10-7-6-8-11-16/h6-8,10-12,15,25H,5,9,13-14H2,1-4H3,(H,21,24). The molecule has 1 unspecified atom stereocenters. The van der Waals surface area contributed by atoms with Crippen LogP contribution in [0, 0.1) is 5.92 Å². The normalized spacial score (nSPS) is 13.7. The molecule has 0 radical (unpaired) electrons. The lowest BCUT2D eigenvalue weighted by atomic mass is 9.92. The molecule has 1 heterocycles. The van der Waals surface area contributed by atoms with Crippen molar-refractivity contribution in [2.45, 2.75) is 52.7 Å². The predicted octanol–water partition coefficient (Wildman–Crippen LogP) is 3.02. The Balaban J connectivity index is 2.16. The first-order valence-electron chi connectivity index (χ1n) is 8.94. The SMILES string of the molecule is CCCc1c(C(=O)NCC(C)(O)C(C)C)cnn1Cc1ccccc1. The number of carbonyl (C=O) groups excluding carboxylic acids is 1. The van der Waals surface area contributed by atoms with Crippen molar-refractivity contribution in [1.82, 2.24) is 15.1 Å². The zero-order chi connectivity index (χ0) is 18.4. The molecule has 5 heteroatoms. The molecular formula is C20H29N3O2. The average molecular weight is 343 g/mol. The summed E-state index contributed by atoms with van der Waals surface area (Å²) in [5, 5.41) is 17.6. The number of nitrogens with zero attached hydrogens (tertiary/aromatic N) is 2. The lowest BCUT2D eigenvalue weighted by Gasteiger charge is -2.27. The van der Waals surface area contributed by atoms with Gasteiger partial charge in [-0.25, -0.2) is 0 Å². The van der Waals surface area contributed by atoms with E-state index < -0.39 is 5.60 Å². The minimum Gasteiger partial charge on any atom is -0.388 e. The average Bonchev–Trinajstić information content (AvgIpc) is 2.97. The van der Waals surface area contributed by atoms with Crippen molar-refractivity contribution in [2.24, 2.45) is 5.92 Å². The Bertz CT molecular complexity index is 690. The van der Waals surface area contributed by atoms with Crippen LogP contribution in [-0.2, 0) is 13.0 Å². The first-order valence-corrected chi connectivity index (χ1v) is 8.94. The maximum absolute atomic E-state index is 12.6. The topological polar surface area (TPSA) is 67.2 Å². The second kappa shape index (κ2) is 8.30. The van der Waals surface area contributed by atoms with E-state index in [0.29, 0.717) is 12.1 Å². The maximum atomic E-state index is 12.6. The van der Waals surface area contributed by atoms with Gasteiger partial charge in [-0.3, -0.25) is 9.48 Å². The molecule has 0 aliphatic rings. The van der Waals surface area contributed by atoms with Crippen LogP contribution in [-0.4, -0.2) is 32.9 Å². The molecule has 1 atom stereocenters. The molecule has 2 N–H and O–H groups in total. The van der Waals surface area contributed by atoms with Crippen LogP contribution >= 0.6 is 0 Å². The van der Waals surface area contributed by atoms with Crippen molar-refractivity contribution in [3.8, 4) is 0 Å². The third-order valence-electron chi connectivity index (χ3n) is 4.71. The van der Waals surface area contributed by atoms with Crippen LogP contribution < -0.4 is 5.32 Å². The van der Waals surface area contributed by atoms with Gasteiger partial charge < -0.3 is 10.4 Å². The largest absolute Gasteiger partial charge is 0.388 e. The number of nitrogens with one attached hydrogen (secondary N) is 1. The number of carbonyl (C=O) groups is 1. The highest BCUT2D eigenvalue weighted by Crippen LogP contribution is 2.17. The van der Waals surface area contributed by atoms with E-state index in [0.717, 1.165) is 24.1 Å². The van der Waals surface area contributed by atoms with Gasteiger partial charge in [0.15, 0.2) is 0 Å². The molecule has 0 fully saturated rings. The van der Waals surface area contributed by atoms with Gasteiger partial charge in [0.05, 0.1) is 29.6 Å². The van der Waals surface area contributed by atoms with Crippen molar-refractivity contribution in [3.63, 3.8) is 0 Å². The number of amides is 1. The molecule has 25 heavy (non-hydrogen) atoms. The fourth-order valence-corrected chi connectivity index (χ4v) is 2.55. The summed E-state index contributed by atoms with van der Waals surface area (Å²) >= 11 is 0. The van der Waals surface area contributed by atoms with E-state index in [1.807, 2.05) is 36.7 Å². The number of aliphatic hydroxyl groups is 1. The molecule has 0 bridgehead atoms. The van der Waals surface area contributed by atoms with Crippen molar-refractivity contribution in [2.75, 3.05) is 6.54 Å². The van der Waals surface area contributed by atoms with Crippen LogP contribution in [0.2, 0.25) is 0 Å². The number of hydrogen-bond donors (Lipinski definition) is 2. The molecule has 0 spiro atoms. The molecule has 0 saturated carbocycles. The first-order chi connectivity index (χ1) is 11.8. The number of aromatic nitrogens is 2. The Labute approximate surface area is 150 Å². The number of benzene rings is 1. The molecule has 0 aliphatic heterocycles. The molecular weight excluding hydrogens is 314 g/mol. The molecule has 136 valence electrons. The first kappa shape index (κ1) is 19.2. The Morgan fingerprint density at radius 2 is 2.00 bits per heavy atom. The summed E-state index contributed by atoms with van der Waals surface area (Å²) < 4.78 is 1.90. The fraction of sp³-hybridized carbons (Fsp3) is 0.500. The van der Waals surface area contributed by atoms with E-state index in [4.69, 9.17) is 0 Å². The molecule has 2 aromatic rings. The summed E-state index contributed by atoms with van der Waals surface area (Å²) in [5.41, 5.74) is 1.75. The summed E-state index contributed by atoms with van der Waals surface area (Å²) in [6.45, 7) is 8.57. The van der Waals surface area contributed by atoms with Gasteiger partial charge in [-0.2, -0.15) is 5.10 Å². The molecule has 0 saturated heterocycles. The van der Waals surface area contributed by atoms with Crippen molar-refractivity contribution >= 4 is 5.91 Å². The van der Waals surface area contributed by atoms with Gasteiger partial charge in [0.25, 0.3) is 5.91 Å². The summed E-state index contributed by atoms with van der Waals surface area (Å²) in [4.78, 5) is 12.6. The number of hydrogen-bond acceptors (Lipinski definition) is 3. The van der Waals surface area contributed by atoms with Crippen LogP contribution in [0.25, 0.3) is 0 Å². The Kier molecular flexibility index (Phi) is 6.37. The molecule has 1 amide bonds. The highest BCUT2D eigenvalue weighted by molar-refractivity contribution is 5.95. The molecule has 0 aliphatic carbocycles. The predicted molar refractivity (Wildman–Crippen MR) is 99.6 cm³/mol. The second-order valence-corrected chi connectivity index (χ2v) is 7.09. The van der Waals surface area contributed by atoms with Gasteiger partial charge in [-0.15, -0.1) is 0 Å². The molecule has 2 rings (SSSR count). The van der Waals surface area contributed by atoms with Crippen LogP contribution in [0.5, 0.6) is 0 Å². The summed E-state index contributed by atoms with van der Waals surface area (Å²) in [7, 11) is 0. The third-order valence-corrected chi connectivity index (χ3v) is 4.71. The van der Waals surface area contributed by atoms with E-state index >= 15 is 0 Å². The van der Waals surface area contributed by atoms with E-state index in [2.05, 4.69) is 29.5 Å². The minimum atomic E-state index is -0.930. The van der Waals surface area contributed by atoms with Crippen LogP contribution in [0.3, 0.4) is 0 Å². The van der Waals surface area contributed by atoms with Gasteiger partial charge in [0.1, 0.15) is 0 Å². The molecule has 1 aromatic heterocycles. The van der Waals surface area contributed by atoms with Gasteiger partial charge in [0, 0.05) is 6.54 Å². The smallest absolute Gasteiger partial charge is 0.254 e. The van der Waals surface area contributed by atoms with E-state index in [1.165, 1.54) is 0 Å². The monoisotopic (exact) mass is 343 g/mol. The van der Waals surface area contributed by atoms with Gasteiger partial charge >= 0.3 is 0 Å². The maximum Gasteiger partial charge on any atom is 0.254 e. The minimum absolute atomic E-state index is 0.0590. The Morgan fingerprint density at radius 3 is 2.60 bits per heavy atom. The summed E-state index contributed by atoms with van der Waals surface area (Å²) in [6.07, 6.45) is 3.36. The molecule has 5 nitrogen and oxygen atoms in total. The summed E-state index contributed by atoms with van der Waals surface area (Å²) in [5.74, 6) is -0.118. The zero-order valence-electron chi connectivity index (χ0n) is 15.6. The lowest BCUT2D eigenvalue weighted by Crippen LogP contribution is -2.44. The fourth-order valence-electron chi connectivity index (χ4n) is 2.55. The van der Waals surface area contributed by atoms with Crippen molar-refractivity contribution in [3.05, 3.63) is 53.3 Å². The van der Waals surface area contributed by atoms with Crippen molar-refractivity contribution < 1.29 is 9.90 Å². The number of rotatable bonds is 8. The second-order valence-electron chi connectivity index (χ2n) is 7.09. The van der Waals surface area contributed by atoms with Gasteiger partial charge in [-0.1, -0.05) is 57.5 Å². The highest BCUT2D eigenvalue weighted by atomic mass is 16.3. The third kappa shape index (κ3) is 4.92. The van der Waals surface area contributed by atoms with Crippen LogP contribution in [0.1, 0.15) is 55.7 Å². The lowest BCUT2D eigenvalue weighted by molar-refractivity contribution is 0.0142. The Morgan fingerprint density at radius 1 is 1.32 bits per heavy atom.